The van der Waals surface area contributed by atoms with Gasteiger partial charge in [-0.15, -0.1) is 5.10 Å². The summed E-state index contributed by atoms with van der Waals surface area (Å²) in [6.45, 7) is 0. The molecule has 1 aromatic carbocycles. The summed E-state index contributed by atoms with van der Waals surface area (Å²) >= 11 is 2.49. The van der Waals surface area contributed by atoms with Gasteiger partial charge in [0.05, 0.1) is 0 Å². The van der Waals surface area contributed by atoms with Crippen molar-refractivity contribution >= 4 is 43.7 Å². The molecule has 1 heterocycles. The average molecular weight is 394 g/mol. The highest BCUT2D eigenvalue weighted by molar-refractivity contribution is 9.10. The predicted octanol–water partition coefficient (Wildman–Crippen LogP) is 4.56. The van der Waals surface area contributed by atoms with E-state index in [4.69, 9.17) is 5.73 Å². The van der Waals surface area contributed by atoms with Gasteiger partial charge in [-0.2, -0.15) is 4.98 Å². The maximum atomic E-state index is 12.9. The fourth-order valence-electron chi connectivity index (χ4n) is 1.52. The zero-order valence-corrected chi connectivity index (χ0v) is 12.7. The lowest BCUT2D eigenvalue weighted by molar-refractivity contribution is 0.363. The number of hydrogen-bond donors (Lipinski definition) is 2. The van der Waals surface area contributed by atoms with Gasteiger partial charge in [0.1, 0.15) is 4.90 Å². The Labute approximate surface area is 124 Å². The van der Waals surface area contributed by atoms with E-state index in [1.807, 2.05) is 0 Å². The normalized spacial score (nSPS) is 15.4. The molecule has 5 nitrogen and oxygen atoms in total. The Morgan fingerprint density at radius 2 is 1.86 bits per heavy atom. The molecule has 21 heavy (non-hydrogen) atoms. The van der Waals surface area contributed by atoms with Crippen molar-refractivity contribution in [2.75, 3.05) is 11.1 Å². The van der Waals surface area contributed by atoms with Crippen molar-refractivity contribution in [2.45, 2.75) is 4.90 Å². The lowest BCUT2D eigenvalue weighted by atomic mass is 10.3. The molecule has 0 aliphatic rings. The van der Waals surface area contributed by atoms with Gasteiger partial charge < -0.3 is 11.1 Å². The first-order valence-electron chi connectivity index (χ1n) is 5.23. The second-order valence-corrected chi connectivity index (χ2v) is 7.39. The van der Waals surface area contributed by atoms with Crippen molar-refractivity contribution in [1.29, 1.82) is 0 Å². The smallest absolute Gasteiger partial charge is 0.311 e. The predicted molar refractivity (Wildman–Crippen MR) is 74.2 cm³/mol. The van der Waals surface area contributed by atoms with Crippen LogP contribution in [0.15, 0.2) is 27.6 Å². The molecule has 0 aliphatic heterocycles. The SMILES string of the molecule is Cn1nc(N)nc1Nc1ccc(Br)c(S(F)(F)(F)(F)F)c1. The highest BCUT2D eigenvalue weighted by Gasteiger charge is 2.66. The van der Waals surface area contributed by atoms with E-state index < -0.39 is 19.6 Å². The molecule has 0 aliphatic carbocycles. The van der Waals surface area contributed by atoms with Gasteiger partial charge in [0.2, 0.25) is 11.9 Å². The van der Waals surface area contributed by atoms with E-state index in [0.29, 0.717) is 6.07 Å². The van der Waals surface area contributed by atoms with Crippen LogP contribution >= 0.6 is 26.2 Å². The molecule has 2 aromatic rings. The van der Waals surface area contributed by atoms with E-state index in [2.05, 4.69) is 31.3 Å². The zero-order valence-electron chi connectivity index (χ0n) is 10.3. The van der Waals surface area contributed by atoms with Gasteiger partial charge in [0.25, 0.3) is 0 Å². The lowest BCUT2D eigenvalue weighted by Crippen LogP contribution is -2.08. The fraction of sp³-hybridized carbons (Fsp3) is 0.111. The number of aryl methyl sites for hydroxylation is 1. The van der Waals surface area contributed by atoms with Crippen LogP contribution in [0, 0.1) is 0 Å². The van der Waals surface area contributed by atoms with Crippen LogP contribution in [0.25, 0.3) is 0 Å². The molecule has 12 heteroatoms. The van der Waals surface area contributed by atoms with Crippen LogP contribution in [0.2, 0.25) is 0 Å². The molecule has 0 bridgehead atoms. The van der Waals surface area contributed by atoms with Crippen molar-refractivity contribution in [2.24, 2.45) is 7.05 Å². The molecule has 3 N–H and O–H groups in total. The monoisotopic (exact) mass is 393 g/mol. The summed E-state index contributed by atoms with van der Waals surface area (Å²) in [6.07, 6.45) is 0. The summed E-state index contributed by atoms with van der Waals surface area (Å²) in [5.41, 5.74) is 5.09. The molecule has 0 radical (unpaired) electrons. The van der Waals surface area contributed by atoms with Gasteiger partial charge in [-0.1, -0.05) is 19.4 Å². The Morgan fingerprint density at radius 3 is 2.33 bits per heavy atom. The minimum absolute atomic E-state index is 0.0166. The molecule has 118 valence electrons. The van der Waals surface area contributed by atoms with Crippen LogP contribution < -0.4 is 11.1 Å². The van der Waals surface area contributed by atoms with Gasteiger partial charge in [0.15, 0.2) is 0 Å². The topological polar surface area (TPSA) is 68.8 Å². The number of nitrogens with one attached hydrogen (secondary N) is 1. The minimum Gasteiger partial charge on any atom is -0.366 e. The number of rotatable bonds is 3. The number of nitrogen functional groups attached to an aromatic ring is 1. The average Bonchev–Trinajstić information content (AvgIpc) is 2.57. The van der Waals surface area contributed by atoms with Gasteiger partial charge >= 0.3 is 10.2 Å². The molecule has 0 atom stereocenters. The summed E-state index contributed by atoms with van der Waals surface area (Å²) in [4.78, 5) is 1.68. The Balaban J connectivity index is 2.48. The lowest BCUT2D eigenvalue weighted by Gasteiger charge is -2.41. The molecule has 0 amide bonds. The van der Waals surface area contributed by atoms with Crippen molar-refractivity contribution < 1.29 is 19.4 Å². The molecule has 0 spiro atoms. The molecule has 0 saturated carbocycles. The first-order chi connectivity index (χ1) is 9.26. The van der Waals surface area contributed by atoms with Gasteiger partial charge in [-0.05, 0) is 34.1 Å². The van der Waals surface area contributed by atoms with E-state index in [0.717, 1.165) is 10.7 Å². The number of aromatic nitrogens is 3. The summed E-state index contributed by atoms with van der Waals surface area (Å²) in [5.74, 6) is -0.0898. The Morgan fingerprint density at radius 1 is 1.24 bits per heavy atom. The highest BCUT2D eigenvalue weighted by atomic mass is 79.9. The largest absolute Gasteiger partial charge is 0.366 e. The number of halogens is 6. The first-order valence-corrected chi connectivity index (χ1v) is 7.98. The maximum Gasteiger partial charge on any atom is 0.311 e. The van der Waals surface area contributed by atoms with Gasteiger partial charge in [-0.3, -0.25) is 0 Å². The standard InChI is InChI=1S/C9H9BrF5N5S/c1-20-9(18-8(16)19-20)17-5-2-3-6(10)7(4-5)21(11,12,13,14)15/h2-4H,1H3,(H3,16,17,18,19). The second-order valence-electron chi connectivity index (χ2n) is 4.16. The minimum atomic E-state index is -9.80. The zero-order chi connectivity index (χ0) is 16.1. The summed E-state index contributed by atoms with van der Waals surface area (Å²) in [6, 6.07) is 2.35. The fourth-order valence-corrected chi connectivity index (χ4v) is 3.47. The highest BCUT2D eigenvalue weighted by Crippen LogP contribution is 3.02. The van der Waals surface area contributed by atoms with Crippen molar-refractivity contribution in [3.8, 4) is 0 Å². The van der Waals surface area contributed by atoms with Crippen molar-refractivity contribution in [3.63, 3.8) is 0 Å². The third-order valence-corrected chi connectivity index (χ3v) is 4.51. The molecular formula is C9H9BrF5N5S. The first kappa shape index (κ1) is 15.8. The Hall–Kier alpha value is -1.56. The van der Waals surface area contributed by atoms with Crippen LogP contribution in [-0.2, 0) is 7.05 Å². The summed E-state index contributed by atoms with van der Waals surface area (Å²) < 4.78 is 64.9. The van der Waals surface area contributed by atoms with E-state index >= 15 is 0 Å². The second kappa shape index (κ2) is 4.00. The van der Waals surface area contributed by atoms with E-state index in [9.17, 15) is 19.4 Å². The van der Waals surface area contributed by atoms with Crippen LogP contribution in [0.3, 0.4) is 0 Å². The molecule has 0 unspecified atom stereocenters. The number of nitrogens with zero attached hydrogens (tertiary/aromatic N) is 3. The van der Waals surface area contributed by atoms with Crippen molar-refractivity contribution in [1.82, 2.24) is 14.8 Å². The number of benzene rings is 1. The summed E-state index contributed by atoms with van der Waals surface area (Å²) in [5, 5.41) is 6.11. The van der Waals surface area contributed by atoms with Gasteiger partial charge in [-0.25, -0.2) is 4.68 Å². The molecule has 0 saturated heterocycles. The molecular weight excluding hydrogens is 385 g/mol. The number of hydrogen-bond acceptors (Lipinski definition) is 4. The third-order valence-electron chi connectivity index (χ3n) is 2.38. The van der Waals surface area contributed by atoms with Crippen LogP contribution in [0.1, 0.15) is 0 Å². The summed E-state index contributed by atoms with van der Waals surface area (Å²) in [7, 11) is -8.36. The van der Waals surface area contributed by atoms with Crippen LogP contribution in [0.4, 0.5) is 37.0 Å². The molecule has 0 fully saturated rings. The van der Waals surface area contributed by atoms with E-state index in [1.54, 1.807) is 0 Å². The molecule has 2 rings (SSSR count). The van der Waals surface area contributed by atoms with E-state index in [-0.39, 0.29) is 17.6 Å². The van der Waals surface area contributed by atoms with Crippen molar-refractivity contribution in [3.05, 3.63) is 22.7 Å². The third kappa shape index (κ3) is 3.56. The quantitative estimate of drug-likeness (QED) is 0.749. The van der Waals surface area contributed by atoms with Gasteiger partial charge in [0, 0.05) is 17.2 Å². The van der Waals surface area contributed by atoms with Crippen LogP contribution in [0.5, 0.6) is 0 Å². The van der Waals surface area contributed by atoms with Crippen LogP contribution in [-0.4, -0.2) is 14.8 Å². The maximum absolute atomic E-state index is 12.9. The number of nitrogens with two attached hydrogens (primary N) is 1. The molecule has 1 aromatic heterocycles. The number of anilines is 3. The Kier molecular flexibility index (Phi) is 3.01. The van der Waals surface area contributed by atoms with E-state index in [1.165, 1.54) is 13.1 Å². The Bertz CT molecular complexity index is 713.